The number of carbonyl (C=O) groups excluding carboxylic acids is 1. The molecule has 7 atom stereocenters. The molecule has 406 valence electrons. The van der Waals surface area contributed by atoms with Crippen LogP contribution >= 0.6 is 0 Å². The molecule has 0 radical (unpaired) electrons. The molecule has 1 heterocycles. The first-order valence-corrected chi connectivity index (χ1v) is 30.2. The van der Waals surface area contributed by atoms with Gasteiger partial charge in [-0.2, -0.15) is 0 Å². The molecular weight excluding hydrogens is 851 g/mol. The van der Waals surface area contributed by atoms with E-state index in [1.165, 1.54) is 250 Å². The summed E-state index contributed by atoms with van der Waals surface area (Å²) in [7, 11) is 0. The molecule has 0 spiro atoms. The predicted molar refractivity (Wildman–Crippen MR) is 286 cm³/mol. The minimum absolute atomic E-state index is 0.131. The van der Waals surface area contributed by atoms with Crippen molar-refractivity contribution in [1.82, 2.24) is 5.32 Å². The number of aliphatic hydroxyl groups excluding tert-OH is 5. The summed E-state index contributed by atoms with van der Waals surface area (Å²) in [6.45, 7) is 3.87. The molecule has 1 aliphatic rings. The van der Waals surface area contributed by atoms with Gasteiger partial charge in [-0.1, -0.05) is 296 Å². The van der Waals surface area contributed by atoms with Crippen LogP contribution in [0.15, 0.2) is 0 Å². The summed E-state index contributed by atoms with van der Waals surface area (Å²) in [6.07, 6.45) is 53.1. The van der Waals surface area contributed by atoms with Gasteiger partial charge in [0.05, 0.1) is 25.4 Å². The molecule has 9 nitrogen and oxygen atoms in total. The second-order valence-electron chi connectivity index (χ2n) is 21.5. The largest absolute Gasteiger partial charge is 0.394 e. The zero-order valence-corrected chi connectivity index (χ0v) is 45.2. The highest BCUT2D eigenvalue weighted by Crippen LogP contribution is 2.24. The highest BCUT2D eigenvalue weighted by molar-refractivity contribution is 5.76. The molecule has 1 amide bonds. The van der Waals surface area contributed by atoms with Crippen LogP contribution in [0.5, 0.6) is 0 Å². The second-order valence-corrected chi connectivity index (χ2v) is 21.5. The summed E-state index contributed by atoms with van der Waals surface area (Å²) in [4.78, 5) is 13.0. The molecular formula is C59H117NO8. The molecule has 1 rings (SSSR count). The van der Waals surface area contributed by atoms with E-state index in [1.807, 2.05) is 0 Å². The number of rotatable bonds is 53. The number of carbonyl (C=O) groups is 1. The third kappa shape index (κ3) is 38.8. The van der Waals surface area contributed by atoms with Crippen LogP contribution in [0.25, 0.3) is 0 Å². The summed E-state index contributed by atoms with van der Waals surface area (Å²) in [6, 6.07) is -0.712. The average molecular weight is 969 g/mol. The molecule has 1 fully saturated rings. The maximum Gasteiger partial charge on any atom is 0.220 e. The molecule has 0 aromatic rings. The SMILES string of the molecule is CCCCCCCCCCCCCCCCCCCCCCCCCCCCCCCCCCCC(=O)N[C@@H](CO[C@@H]1O[C@H](CO)[C@@H](O)C(O)C1O)[C@H](O)CCCCCCCCCCCCCC. The van der Waals surface area contributed by atoms with E-state index in [-0.39, 0.29) is 12.5 Å². The molecule has 9 heteroatoms. The lowest BCUT2D eigenvalue weighted by atomic mass is 9.99. The normalized spacial score (nSPS) is 19.4. The second kappa shape index (κ2) is 49.8. The van der Waals surface area contributed by atoms with Crippen LogP contribution < -0.4 is 5.32 Å². The third-order valence-corrected chi connectivity index (χ3v) is 15.0. The van der Waals surface area contributed by atoms with Gasteiger partial charge >= 0.3 is 0 Å². The minimum Gasteiger partial charge on any atom is -0.394 e. The molecule has 0 aliphatic carbocycles. The molecule has 0 aromatic carbocycles. The van der Waals surface area contributed by atoms with Crippen molar-refractivity contribution in [3.8, 4) is 0 Å². The number of aliphatic hydroxyl groups is 5. The Morgan fingerprint density at radius 3 is 1.04 bits per heavy atom. The topological polar surface area (TPSA) is 149 Å². The van der Waals surface area contributed by atoms with Crippen molar-refractivity contribution in [2.45, 2.75) is 358 Å². The standard InChI is InChI=1S/C59H117NO8/c1-3-5-7-9-11-13-15-17-18-19-20-21-22-23-24-25-26-27-28-29-30-31-32-33-34-35-36-37-39-41-43-45-47-49-55(63)60-52(51-67-59-58(66)57(65)56(64)54(50-61)68-59)53(62)48-46-44-42-40-38-16-14-12-10-8-6-4-2/h52-54,56-59,61-62,64-66H,3-51H2,1-2H3,(H,60,63)/t52-,53+,54+,56+,57?,58?,59+/m0/s1. The summed E-state index contributed by atoms with van der Waals surface area (Å²) in [5.41, 5.74) is 0. The van der Waals surface area contributed by atoms with Gasteiger partial charge in [-0.05, 0) is 12.8 Å². The van der Waals surface area contributed by atoms with E-state index in [1.54, 1.807) is 0 Å². The Kier molecular flexibility index (Phi) is 47.7. The van der Waals surface area contributed by atoms with Crippen molar-refractivity contribution in [3.05, 3.63) is 0 Å². The van der Waals surface area contributed by atoms with Gasteiger partial charge < -0.3 is 40.3 Å². The van der Waals surface area contributed by atoms with Crippen molar-refractivity contribution >= 4 is 5.91 Å². The number of unbranched alkanes of at least 4 members (excludes halogenated alkanes) is 43. The van der Waals surface area contributed by atoms with Crippen molar-refractivity contribution < 1.29 is 39.8 Å². The lowest BCUT2D eigenvalue weighted by molar-refractivity contribution is -0.302. The van der Waals surface area contributed by atoms with E-state index in [0.29, 0.717) is 12.8 Å². The van der Waals surface area contributed by atoms with Gasteiger partial charge in [-0.25, -0.2) is 0 Å². The number of ether oxygens (including phenoxy) is 2. The Bertz CT molecular complexity index is 1030. The van der Waals surface area contributed by atoms with E-state index in [4.69, 9.17) is 9.47 Å². The number of hydrogen-bond donors (Lipinski definition) is 6. The summed E-state index contributed by atoms with van der Waals surface area (Å²) in [5.74, 6) is -0.137. The van der Waals surface area contributed by atoms with Crippen molar-refractivity contribution in [2.75, 3.05) is 13.2 Å². The predicted octanol–water partition coefficient (Wildman–Crippen LogP) is 15.0. The van der Waals surface area contributed by atoms with E-state index in [9.17, 15) is 30.3 Å². The molecule has 6 N–H and O–H groups in total. The van der Waals surface area contributed by atoms with Crippen LogP contribution in [-0.2, 0) is 14.3 Å². The third-order valence-electron chi connectivity index (χ3n) is 15.0. The fourth-order valence-corrected chi connectivity index (χ4v) is 10.2. The van der Waals surface area contributed by atoms with Crippen LogP contribution in [-0.4, -0.2) is 87.5 Å². The Labute approximate surface area is 421 Å². The zero-order valence-electron chi connectivity index (χ0n) is 45.2. The van der Waals surface area contributed by atoms with E-state index in [2.05, 4.69) is 19.2 Å². The average Bonchev–Trinajstić information content (AvgIpc) is 3.34. The van der Waals surface area contributed by atoms with Crippen molar-refractivity contribution in [3.63, 3.8) is 0 Å². The maximum atomic E-state index is 13.0. The van der Waals surface area contributed by atoms with E-state index in [0.717, 1.165) is 38.5 Å². The lowest BCUT2D eigenvalue weighted by Gasteiger charge is -2.40. The number of hydrogen-bond acceptors (Lipinski definition) is 8. The first kappa shape index (κ1) is 65.2. The molecule has 2 unspecified atom stereocenters. The van der Waals surface area contributed by atoms with Gasteiger partial charge in [-0.15, -0.1) is 0 Å². The monoisotopic (exact) mass is 968 g/mol. The van der Waals surface area contributed by atoms with Crippen LogP contribution in [0, 0.1) is 0 Å². The first-order valence-electron chi connectivity index (χ1n) is 30.2. The highest BCUT2D eigenvalue weighted by atomic mass is 16.7. The number of amides is 1. The van der Waals surface area contributed by atoms with Gasteiger partial charge in [0.2, 0.25) is 5.91 Å². The van der Waals surface area contributed by atoms with Crippen LogP contribution in [0.3, 0.4) is 0 Å². The van der Waals surface area contributed by atoms with Crippen LogP contribution in [0.4, 0.5) is 0 Å². The Morgan fingerprint density at radius 1 is 0.441 bits per heavy atom. The summed E-state index contributed by atoms with van der Waals surface area (Å²) < 4.78 is 11.3. The van der Waals surface area contributed by atoms with Gasteiger partial charge in [-0.3, -0.25) is 4.79 Å². The highest BCUT2D eigenvalue weighted by Gasteiger charge is 2.44. The van der Waals surface area contributed by atoms with Gasteiger partial charge in [0.15, 0.2) is 6.29 Å². The lowest BCUT2D eigenvalue weighted by Crippen LogP contribution is -2.60. The minimum atomic E-state index is -1.55. The smallest absolute Gasteiger partial charge is 0.220 e. The molecule has 0 aromatic heterocycles. The van der Waals surface area contributed by atoms with E-state index >= 15 is 0 Å². The Hall–Kier alpha value is -0.810. The maximum absolute atomic E-state index is 13.0. The molecule has 1 aliphatic heterocycles. The summed E-state index contributed by atoms with van der Waals surface area (Å²) >= 11 is 0. The first-order chi connectivity index (χ1) is 33.3. The van der Waals surface area contributed by atoms with Gasteiger partial charge in [0.1, 0.15) is 24.4 Å². The Balaban J connectivity index is 2.05. The quantitative estimate of drug-likeness (QED) is 0.0330. The summed E-state index contributed by atoms with van der Waals surface area (Å²) in [5, 5.41) is 54.5. The van der Waals surface area contributed by atoms with E-state index < -0.39 is 49.5 Å². The molecule has 68 heavy (non-hydrogen) atoms. The molecule has 1 saturated heterocycles. The van der Waals surface area contributed by atoms with Crippen LogP contribution in [0.1, 0.15) is 316 Å². The van der Waals surface area contributed by atoms with Crippen molar-refractivity contribution in [1.29, 1.82) is 0 Å². The van der Waals surface area contributed by atoms with Crippen LogP contribution in [0.2, 0.25) is 0 Å². The number of nitrogens with one attached hydrogen (secondary N) is 1. The van der Waals surface area contributed by atoms with Gasteiger partial charge in [0.25, 0.3) is 0 Å². The Morgan fingerprint density at radius 2 is 0.735 bits per heavy atom. The molecule has 0 bridgehead atoms. The fraction of sp³-hybridized carbons (Fsp3) is 0.983. The van der Waals surface area contributed by atoms with Crippen molar-refractivity contribution in [2.24, 2.45) is 0 Å². The zero-order chi connectivity index (χ0) is 49.4. The fourth-order valence-electron chi connectivity index (χ4n) is 10.2. The molecule has 0 saturated carbocycles. The van der Waals surface area contributed by atoms with Gasteiger partial charge in [0, 0.05) is 6.42 Å².